The molecule has 130 valence electrons. The number of rotatable bonds is 2. The number of nitrogens with zero attached hydrogens (tertiary/aromatic N) is 2. The van der Waals surface area contributed by atoms with Gasteiger partial charge >= 0.3 is 0 Å². The van der Waals surface area contributed by atoms with Crippen LogP contribution in [0.15, 0.2) is 34.3 Å². The van der Waals surface area contributed by atoms with Crippen LogP contribution < -0.4 is 0 Å². The van der Waals surface area contributed by atoms with Gasteiger partial charge in [0.25, 0.3) is 0 Å². The molecule has 3 rings (SSSR count). The predicted molar refractivity (Wildman–Crippen MR) is 97.9 cm³/mol. The molecule has 1 aromatic rings. The van der Waals surface area contributed by atoms with Crippen molar-refractivity contribution in [3.05, 3.63) is 35.4 Å². The predicted octanol–water partition coefficient (Wildman–Crippen LogP) is 4.07. The maximum Gasteiger partial charge on any atom is 0.216 e. The maximum atomic E-state index is 5.84. The maximum absolute atomic E-state index is 5.84. The molecule has 0 unspecified atom stereocenters. The summed E-state index contributed by atoms with van der Waals surface area (Å²) in [7, 11) is 0. The van der Waals surface area contributed by atoms with Gasteiger partial charge in [-0.1, -0.05) is 47.6 Å². The van der Waals surface area contributed by atoms with Crippen LogP contribution in [0.4, 0.5) is 0 Å². The monoisotopic (exact) mass is 328 g/mol. The third-order valence-corrected chi connectivity index (χ3v) is 4.66. The molecule has 0 amide bonds. The second-order valence-electron chi connectivity index (χ2n) is 8.83. The molecule has 24 heavy (non-hydrogen) atoms. The standard InChI is InChI=1S/C20H28N2O2/c1-19(2,3)15-11-23-17(21-15)13-8-7-9-14(10-13)18-22-16(12-24-18)20(4,5)6/h7-10,15-16H,11-12H2,1-6H3/t15-,16-/m0/s1. The molecule has 1 aromatic carbocycles. The summed E-state index contributed by atoms with van der Waals surface area (Å²) in [6, 6.07) is 8.53. The van der Waals surface area contributed by atoms with Gasteiger partial charge in [-0.3, -0.25) is 0 Å². The van der Waals surface area contributed by atoms with E-state index in [-0.39, 0.29) is 22.9 Å². The molecule has 2 aliphatic heterocycles. The van der Waals surface area contributed by atoms with Crippen molar-refractivity contribution in [1.82, 2.24) is 0 Å². The average Bonchev–Trinajstić information content (AvgIpc) is 3.16. The van der Waals surface area contributed by atoms with Crippen molar-refractivity contribution in [3.8, 4) is 0 Å². The fourth-order valence-corrected chi connectivity index (χ4v) is 2.74. The van der Waals surface area contributed by atoms with Crippen molar-refractivity contribution in [3.63, 3.8) is 0 Å². The summed E-state index contributed by atoms with van der Waals surface area (Å²) < 4.78 is 11.7. The minimum absolute atomic E-state index is 0.109. The Morgan fingerprint density at radius 3 is 1.54 bits per heavy atom. The van der Waals surface area contributed by atoms with Crippen LogP contribution in [0.2, 0.25) is 0 Å². The highest BCUT2D eigenvalue weighted by Gasteiger charge is 2.32. The zero-order chi connectivity index (χ0) is 17.5. The van der Waals surface area contributed by atoms with Gasteiger partial charge in [0.05, 0.1) is 12.1 Å². The molecule has 0 spiro atoms. The van der Waals surface area contributed by atoms with E-state index in [9.17, 15) is 0 Å². The first-order valence-electron chi connectivity index (χ1n) is 8.66. The van der Waals surface area contributed by atoms with Crippen molar-refractivity contribution in [1.29, 1.82) is 0 Å². The van der Waals surface area contributed by atoms with Crippen LogP contribution in [-0.2, 0) is 9.47 Å². The summed E-state index contributed by atoms with van der Waals surface area (Å²) in [4.78, 5) is 9.53. The lowest BCUT2D eigenvalue weighted by Gasteiger charge is -2.21. The molecule has 0 fully saturated rings. The largest absolute Gasteiger partial charge is 0.475 e. The minimum Gasteiger partial charge on any atom is -0.475 e. The second-order valence-corrected chi connectivity index (χ2v) is 8.83. The summed E-state index contributed by atoms with van der Waals surface area (Å²) >= 11 is 0. The van der Waals surface area contributed by atoms with E-state index in [2.05, 4.69) is 47.6 Å². The van der Waals surface area contributed by atoms with Crippen LogP contribution in [0.1, 0.15) is 52.7 Å². The van der Waals surface area contributed by atoms with Crippen LogP contribution in [0.25, 0.3) is 0 Å². The average molecular weight is 328 g/mol. The van der Waals surface area contributed by atoms with Gasteiger partial charge in [0, 0.05) is 11.1 Å². The molecule has 0 aliphatic carbocycles. The zero-order valence-electron chi connectivity index (χ0n) is 15.6. The zero-order valence-corrected chi connectivity index (χ0v) is 15.6. The topological polar surface area (TPSA) is 43.2 Å². The Balaban J connectivity index is 1.84. The Morgan fingerprint density at radius 1 is 0.792 bits per heavy atom. The number of hydrogen-bond donors (Lipinski definition) is 0. The number of aliphatic imine (C=N–C) groups is 2. The lowest BCUT2D eigenvalue weighted by Crippen LogP contribution is -2.25. The third kappa shape index (κ3) is 3.47. The van der Waals surface area contributed by atoms with Gasteiger partial charge in [-0.05, 0) is 29.0 Å². The van der Waals surface area contributed by atoms with Gasteiger partial charge in [-0.25, -0.2) is 9.98 Å². The quantitative estimate of drug-likeness (QED) is 0.821. The Hall–Kier alpha value is -1.84. The Morgan fingerprint density at radius 2 is 1.21 bits per heavy atom. The highest BCUT2D eigenvalue weighted by Crippen LogP contribution is 2.29. The highest BCUT2D eigenvalue weighted by atomic mass is 16.5. The van der Waals surface area contributed by atoms with E-state index in [1.54, 1.807) is 0 Å². The first kappa shape index (κ1) is 17.0. The summed E-state index contributed by atoms with van der Waals surface area (Å²) in [5.41, 5.74) is 2.20. The molecule has 2 atom stereocenters. The molecule has 0 radical (unpaired) electrons. The summed E-state index contributed by atoms with van der Waals surface area (Å²) in [6.07, 6.45) is 0. The molecule has 0 saturated carbocycles. The minimum atomic E-state index is 0.109. The summed E-state index contributed by atoms with van der Waals surface area (Å²) in [6.45, 7) is 14.4. The Labute approximate surface area is 145 Å². The van der Waals surface area contributed by atoms with Gasteiger partial charge in [-0.15, -0.1) is 0 Å². The van der Waals surface area contributed by atoms with Crippen molar-refractivity contribution in [2.24, 2.45) is 20.8 Å². The summed E-state index contributed by atoms with van der Waals surface area (Å²) in [5, 5.41) is 0. The van der Waals surface area contributed by atoms with Crippen molar-refractivity contribution < 1.29 is 9.47 Å². The Kier molecular flexibility index (Phi) is 4.18. The van der Waals surface area contributed by atoms with Gasteiger partial charge in [0.15, 0.2) is 0 Å². The van der Waals surface area contributed by atoms with Crippen LogP contribution in [0.3, 0.4) is 0 Å². The van der Waals surface area contributed by atoms with E-state index < -0.39 is 0 Å². The molecule has 4 nitrogen and oxygen atoms in total. The molecule has 4 heteroatoms. The van der Waals surface area contributed by atoms with E-state index in [4.69, 9.17) is 19.5 Å². The number of benzene rings is 1. The molecule has 0 aromatic heterocycles. The van der Waals surface area contributed by atoms with Gasteiger partial charge in [0.1, 0.15) is 13.2 Å². The number of ether oxygens (including phenoxy) is 2. The molecule has 2 aliphatic rings. The molecular formula is C20H28N2O2. The van der Waals surface area contributed by atoms with Crippen LogP contribution in [0.5, 0.6) is 0 Å². The fourth-order valence-electron chi connectivity index (χ4n) is 2.74. The first-order chi connectivity index (χ1) is 11.1. The van der Waals surface area contributed by atoms with Crippen LogP contribution in [-0.4, -0.2) is 37.1 Å². The highest BCUT2D eigenvalue weighted by molar-refractivity contribution is 6.00. The van der Waals surface area contributed by atoms with Crippen molar-refractivity contribution >= 4 is 11.8 Å². The van der Waals surface area contributed by atoms with Crippen LogP contribution >= 0.6 is 0 Å². The van der Waals surface area contributed by atoms with E-state index in [0.717, 1.165) is 22.9 Å². The lowest BCUT2D eigenvalue weighted by atomic mass is 9.88. The second kappa shape index (κ2) is 5.91. The van der Waals surface area contributed by atoms with Gasteiger partial charge in [-0.2, -0.15) is 0 Å². The van der Waals surface area contributed by atoms with Crippen molar-refractivity contribution in [2.75, 3.05) is 13.2 Å². The third-order valence-electron chi connectivity index (χ3n) is 4.66. The van der Waals surface area contributed by atoms with Crippen molar-refractivity contribution in [2.45, 2.75) is 53.6 Å². The van der Waals surface area contributed by atoms with E-state index in [1.165, 1.54) is 0 Å². The number of hydrogen-bond acceptors (Lipinski definition) is 4. The molecule has 2 heterocycles. The lowest BCUT2D eigenvalue weighted by molar-refractivity contribution is 0.236. The fraction of sp³-hybridized carbons (Fsp3) is 0.600. The molecular weight excluding hydrogens is 300 g/mol. The molecule has 0 N–H and O–H groups in total. The van der Waals surface area contributed by atoms with Gasteiger partial charge < -0.3 is 9.47 Å². The van der Waals surface area contributed by atoms with E-state index in [1.807, 2.05) is 18.2 Å². The van der Waals surface area contributed by atoms with Crippen LogP contribution in [0, 0.1) is 10.8 Å². The SMILES string of the molecule is CC(C)(C)[C@@H]1COC(c2cccc(C3=N[C@H](C(C)(C)C)CO3)c2)=N1. The van der Waals surface area contributed by atoms with Gasteiger partial charge in [0.2, 0.25) is 11.8 Å². The van der Waals surface area contributed by atoms with E-state index in [0.29, 0.717) is 13.2 Å². The van der Waals surface area contributed by atoms with E-state index >= 15 is 0 Å². The smallest absolute Gasteiger partial charge is 0.216 e. The summed E-state index contributed by atoms with van der Waals surface area (Å²) in [5.74, 6) is 1.45. The Bertz CT molecular complexity index is 622. The molecule has 0 saturated heterocycles. The normalized spacial score (nSPS) is 24.2. The molecule has 0 bridgehead atoms. The first-order valence-corrected chi connectivity index (χ1v) is 8.66.